The number of hydrogen-bond acceptors (Lipinski definition) is 4. The highest BCUT2D eigenvalue weighted by molar-refractivity contribution is 7.99. The fraction of sp³-hybridized carbons (Fsp3) is 0.333. The van der Waals surface area contributed by atoms with Gasteiger partial charge in [0, 0.05) is 23.9 Å². The van der Waals surface area contributed by atoms with Crippen molar-refractivity contribution in [2.75, 3.05) is 12.8 Å². The molecule has 21 heavy (non-hydrogen) atoms. The van der Waals surface area contributed by atoms with Gasteiger partial charge in [0.1, 0.15) is 5.54 Å². The van der Waals surface area contributed by atoms with Crippen molar-refractivity contribution in [3.8, 4) is 0 Å². The van der Waals surface area contributed by atoms with Crippen molar-refractivity contribution >= 4 is 17.7 Å². The first-order valence-corrected chi connectivity index (χ1v) is 7.66. The molecule has 0 aliphatic heterocycles. The highest BCUT2D eigenvalue weighted by Gasteiger charge is 2.38. The van der Waals surface area contributed by atoms with Gasteiger partial charge in [-0.1, -0.05) is 30.3 Å². The first-order valence-electron chi connectivity index (χ1n) is 6.68. The topological polar surface area (TPSA) is 67.2 Å². The number of nitrogens with one attached hydrogen (secondary N) is 1. The summed E-state index contributed by atoms with van der Waals surface area (Å²) in [7, 11) is 3.55. The number of aryl methyl sites for hydroxylation is 1. The van der Waals surface area contributed by atoms with Crippen molar-refractivity contribution in [3.63, 3.8) is 0 Å². The number of carboxylic acids is 1. The molecule has 1 atom stereocenters. The summed E-state index contributed by atoms with van der Waals surface area (Å²) in [4.78, 5) is 12.9. The second kappa shape index (κ2) is 6.78. The molecule has 1 aromatic carbocycles. The minimum Gasteiger partial charge on any atom is -0.480 e. The van der Waals surface area contributed by atoms with Gasteiger partial charge in [0.2, 0.25) is 0 Å². The molecule has 0 bridgehead atoms. The van der Waals surface area contributed by atoms with Gasteiger partial charge in [-0.2, -0.15) is 5.10 Å². The molecule has 0 radical (unpaired) electrons. The van der Waals surface area contributed by atoms with Crippen LogP contribution >= 0.6 is 11.8 Å². The van der Waals surface area contributed by atoms with Crippen molar-refractivity contribution in [1.82, 2.24) is 15.1 Å². The number of hydrogen-bond donors (Lipinski definition) is 2. The monoisotopic (exact) mass is 305 g/mol. The molecule has 1 aromatic heterocycles. The predicted octanol–water partition coefficient (Wildman–Crippen LogP) is 2.10. The van der Waals surface area contributed by atoms with Crippen LogP contribution in [0.4, 0.5) is 0 Å². The highest BCUT2D eigenvalue weighted by atomic mass is 32.2. The first kappa shape index (κ1) is 15.6. The summed E-state index contributed by atoms with van der Waals surface area (Å²) in [5.74, 6) is -0.170. The maximum atomic E-state index is 11.8. The zero-order valence-electron chi connectivity index (χ0n) is 12.1. The molecule has 1 unspecified atom stereocenters. The third kappa shape index (κ3) is 3.46. The maximum Gasteiger partial charge on any atom is 0.328 e. The number of aromatic nitrogens is 2. The number of carbonyl (C=O) groups is 1. The number of aliphatic carboxylic acids is 1. The number of benzene rings is 1. The Morgan fingerprint density at radius 3 is 2.67 bits per heavy atom. The number of likely N-dealkylation sites (N-methyl/N-ethyl adjacent to an activating group) is 1. The molecule has 0 saturated carbocycles. The zero-order chi connectivity index (χ0) is 15.3. The Balaban J connectivity index is 2.12. The summed E-state index contributed by atoms with van der Waals surface area (Å²) in [6.07, 6.45) is 4.20. The van der Waals surface area contributed by atoms with Crippen LogP contribution in [-0.4, -0.2) is 33.7 Å². The zero-order valence-corrected chi connectivity index (χ0v) is 12.9. The van der Waals surface area contributed by atoms with Crippen molar-refractivity contribution in [1.29, 1.82) is 0 Å². The molecule has 0 aliphatic carbocycles. The van der Waals surface area contributed by atoms with E-state index in [1.165, 1.54) is 0 Å². The van der Waals surface area contributed by atoms with Gasteiger partial charge in [-0.15, -0.1) is 11.8 Å². The number of thioether (sulfide) groups is 1. The smallest absolute Gasteiger partial charge is 0.328 e. The van der Waals surface area contributed by atoms with Crippen LogP contribution in [0.3, 0.4) is 0 Å². The Kier molecular flexibility index (Phi) is 5.03. The molecule has 0 spiro atoms. The average molecular weight is 305 g/mol. The Hall–Kier alpha value is -1.79. The lowest BCUT2D eigenvalue weighted by Crippen LogP contribution is -2.47. The fourth-order valence-electron chi connectivity index (χ4n) is 2.27. The standard InChI is InChI=1S/C15H19N3O2S/c1-16-15(14(19)20,12-6-4-3-5-7-12)8-9-21-13-10-17-18(2)11-13/h3-7,10-11,16H,8-9H2,1-2H3,(H,19,20). The van der Waals surface area contributed by atoms with Gasteiger partial charge < -0.3 is 10.4 Å². The molecule has 2 aromatic rings. The van der Waals surface area contributed by atoms with Gasteiger partial charge in [0.15, 0.2) is 0 Å². The SMILES string of the molecule is CNC(CCSc1cnn(C)c1)(C(=O)O)c1ccccc1. The van der Waals surface area contributed by atoms with Crippen LogP contribution in [-0.2, 0) is 17.4 Å². The molecule has 0 fully saturated rings. The molecule has 112 valence electrons. The normalized spacial score (nSPS) is 13.8. The van der Waals surface area contributed by atoms with Gasteiger partial charge in [-0.05, 0) is 19.0 Å². The Bertz CT molecular complexity index is 600. The number of carboxylic acid groups (broad SMARTS) is 1. The minimum atomic E-state index is -1.06. The molecule has 1 heterocycles. The van der Waals surface area contributed by atoms with E-state index >= 15 is 0 Å². The largest absolute Gasteiger partial charge is 0.480 e. The van der Waals surface area contributed by atoms with E-state index in [0.29, 0.717) is 12.2 Å². The molecular formula is C15H19N3O2S. The number of rotatable bonds is 7. The summed E-state index contributed by atoms with van der Waals surface area (Å²) in [5, 5.41) is 16.8. The molecule has 0 saturated heterocycles. The summed E-state index contributed by atoms with van der Waals surface area (Å²) in [6.45, 7) is 0. The van der Waals surface area contributed by atoms with E-state index < -0.39 is 11.5 Å². The fourth-order valence-corrected chi connectivity index (χ4v) is 3.26. The molecule has 5 nitrogen and oxygen atoms in total. The average Bonchev–Trinajstić information content (AvgIpc) is 2.90. The van der Waals surface area contributed by atoms with E-state index in [-0.39, 0.29) is 0 Å². The minimum absolute atomic E-state index is 0.488. The van der Waals surface area contributed by atoms with Crippen LogP contribution in [0.5, 0.6) is 0 Å². The van der Waals surface area contributed by atoms with Crippen molar-refractivity contribution < 1.29 is 9.90 Å². The lowest BCUT2D eigenvalue weighted by atomic mass is 9.87. The van der Waals surface area contributed by atoms with Crippen LogP contribution in [0.1, 0.15) is 12.0 Å². The summed E-state index contributed by atoms with van der Waals surface area (Å²) in [6, 6.07) is 9.30. The first-order chi connectivity index (χ1) is 10.1. The third-order valence-electron chi connectivity index (χ3n) is 3.49. The predicted molar refractivity (Wildman–Crippen MR) is 83.4 cm³/mol. The van der Waals surface area contributed by atoms with Crippen LogP contribution in [0, 0.1) is 0 Å². The Morgan fingerprint density at radius 1 is 1.43 bits per heavy atom. The quantitative estimate of drug-likeness (QED) is 0.767. The van der Waals surface area contributed by atoms with E-state index in [1.807, 2.05) is 43.6 Å². The van der Waals surface area contributed by atoms with E-state index in [4.69, 9.17) is 0 Å². The van der Waals surface area contributed by atoms with Crippen LogP contribution in [0.2, 0.25) is 0 Å². The maximum absolute atomic E-state index is 11.8. The molecule has 2 N–H and O–H groups in total. The highest BCUT2D eigenvalue weighted by Crippen LogP contribution is 2.29. The summed E-state index contributed by atoms with van der Waals surface area (Å²) in [5.41, 5.74) is -0.289. The second-order valence-corrected chi connectivity index (χ2v) is 5.94. The molecular weight excluding hydrogens is 286 g/mol. The van der Waals surface area contributed by atoms with Gasteiger partial charge in [-0.3, -0.25) is 4.68 Å². The third-order valence-corrected chi connectivity index (χ3v) is 4.44. The van der Waals surface area contributed by atoms with Crippen LogP contribution in [0.25, 0.3) is 0 Å². The summed E-state index contributed by atoms with van der Waals surface area (Å²) >= 11 is 1.61. The second-order valence-electron chi connectivity index (χ2n) is 4.77. The van der Waals surface area contributed by atoms with Crippen LogP contribution < -0.4 is 5.32 Å². The molecule has 2 rings (SSSR count). The summed E-state index contributed by atoms with van der Waals surface area (Å²) < 4.78 is 1.74. The van der Waals surface area contributed by atoms with Crippen molar-refractivity contribution in [2.24, 2.45) is 7.05 Å². The van der Waals surface area contributed by atoms with Gasteiger partial charge in [0.05, 0.1) is 6.20 Å². The molecule has 0 aliphatic rings. The van der Waals surface area contributed by atoms with E-state index in [0.717, 1.165) is 10.5 Å². The van der Waals surface area contributed by atoms with Gasteiger partial charge in [-0.25, -0.2) is 4.79 Å². The van der Waals surface area contributed by atoms with Crippen molar-refractivity contribution in [2.45, 2.75) is 16.9 Å². The van der Waals surface area contributed by atoms with E-state index in [9.17, 15) is 9.90 Å². The Morgan fingerprint density at radius 2 is 2.14 bits per heavy atom. The van der Waals surface area contributed by atoms with Crippen LogP contribution in [0.15, 0.2) is 47.6 Å². The lowest BCUT2D eigenvalue weighted by molar-refractivity contribution is -0.145. The Labute approximate surface area is 128 Å². The van der Waals surface area contributed by atoms with E-state index in [1.54, 1.807) is 29.7 Å². The van der Waals surface area contributed by atoms with Gasteiger partial charge in [0.25, 0.3) is 0 Å². The van der Waals surface area contributed by atoms with E-state index in [2.05, 4.69) is 10.4 Å². The number of nitrogens with zero attached hydrogens (tertiary/aromatic N) is 2. The lowest BCUT2D eigenvalue weighted by Gasteiger charge is -2.29. The van der Waals surface area contributed by atoms with Gasteiger partial charge >= 0.3 is 5.97 Å². The van der Waals surface area contributed by atoms with Crippen molar-refractivity contribution in [3.05, 3.63) is 48.3 Å². The molecule has 0 amide bonds. The molecule has 6 heteroatoms.